The number of ketones is 1. The molecule has 0 unspecified atom stereocenters. The summed E-state index contributed by atoms with van der Waals surface area (Å²) in [5, 5.41) is 23.2. The van der Waals surface area contributed by atoms with E-state index in [0.717, 1.165) is 12.5 Å². The maximum absolute atomic E-state index is 11.7. The lowest BCUT2D eigenvalue weighted by Gasteiger charge is -2.09. The van der Waals surface area contributed by atoms with Crippen LogP contribution in [0, 0.1) is 0 Å². The van der Waals surface area contributed by atoms with Gasteiger partial charge in [-0.25, -0.2) is 0 Å². The largest absolute Gasteiger partial charge is 0.507 e. The van der Waals surface area contributed by atoms with E-state index in [-0.39, 0.29) is 28.1 Å². The second kappa shape index (κ2) is 4.28. The minimum Gasteiger partial charge on any atom is -0.507 e. The van der Waals surface area contributed by atoms with Gasteiger partial charge < -0.3 is 14.7 Å². The number of phenols is 2. The molecule has 0 aliphatic heterocycles. The minimum absolute atomic E-state index is 0.0793. The first kappa shape index (κ1) is 12.0. The van der Waals surface area contributed by atoms with E-state index in [1.54, 1.807) is 0 Å². The Hall–Kier alpha value is -2.01. The number of hydrogen-bond acceptors (Lipinski definition) is 5. The van der Waals surface area contributed by atoms with Crippen molar-refractivity contribution in [2.24, 2.45) is 0 Å². The standard InChI is InChI=1S/C13H10ClNO4/c14-8-4-7(10(17)5-11(8)18)12-6-2-1-3-9(16)13(6)19-15-12/h4-5,17-18H,1-3H2. The third-order valence-electron chi connectivity index (χ3n) is 3.19. The number of phenolic OH excluding ortho intramolecular Hbond substituents is 2. The molecule has 1 aliphatic rings. The van der Waals surface area contributed by atoms with Gasteiger partial charge in [0.05, 0.1) is 5.02 Å². The van der Waals surface area contributed by atoms with Crippen LogP contribution in [0.5, 0.6) is 11.5 Å². The van der Waals surface area contributed by atoms with Crippen LogP contribution < -0.4 is 0 Å². The van der Waals surface area contributed by atoms with Crippen LogP contribution in [0.2, 0.25) is 5.02 Å². The van der Waals surface area contributed by atoms with E-state index in [4.69, 9.17) is 16.1 Å². The van der Waals surface area contributed by atoms with Crippen LogP contribution in [0.4, 0.5) is 0 Å². The Labute approximate surface area is 113 Å². The topological polar surface area (TPSA) is 83.6 Å². The fourth-order valence-electron chi connectivity index (χ4n) is 2.25. The third kappa shape index (κ3) is 1.86. The van der Waals surface area contributed by atoms with E-state index in [2.05, 4.69) is 5.16 Å². The zero-order chi connectivity index (χ0) is 13.6. The molecule has 0 atom stereocenters. The lowest BCUT2D eigenvalue weighted by Crippen LogP contribution is -2.08. The summed E-state index contributed by atoms with van der Waals surface area (Å²) in [5.41, 5.74) is 1.44. The molecule has 1 aromatic heterocycles. The highest BCUT2D eigenvalue weighted by molar-refractivity contribution is 6.32. The zero-order valence-electron chi connectivity index (χ0n) is 9.81. The smallest absolute Gasteiger partial charge is 0.206 e. The third-order valence-corrected chi connectivity index (χ3v) is 3.50. The molecule has 0 saturated heterocycles. The second-order valence-corrected chi connectivity index (χ2v) is 4.84. The Morgan fingerprint density at radius 2 is 2.00 bits per heavy atom. The van der Waals surface area contributed by atoms with Crippen LogP contribution in [0.25, 0.3) is 11.3 Å². The number of aromatic hydroxyl groups is 2. The molecule has 0 spiro atoms. The molecular weight excluding hydrogens is 270 g/mol. The van der Waals surface area contributed by atoms with Crippen molar-refractivity contribution >= 4 is 17.4 Å². The average molecular weight is 280 g/mol. The molecule has 2 N–H and O–H groups in total. The molecule has 98 valence electrons. The lowest BCUT2D eigenvalue weighted by atomic mass is 9.93. The van der Waals surface area contributed by atoms with Crippen molar-refractivity contribution in [3.8, 4) is 22.8 Å². The van der Waals surface area contributed by atoms with Crippen LogP contribution in [-0.4, -0.2) is 21.2 Å². The van der Waals surface area contributed by atoms with Crippen molar-refractivity contribution in [2.45, 2.75) is 19.3 Å². The van der Waals surface area contributed by atoms with Gasteiger partial charge in [0.15, 0.2) is 0 Å². The molecule has 0 bridgehead atoms. The number of hydrogen-bond donors (Lipinski definition) is 2. The molecule has 6 heteroatoms. The van der Waals surface area contributed by atoms with Crippen molar-refractivity contribution in [2.75, 3.05) is 0 Å². The van der Waals surface area contributed by atoms with Crippen LogP contribution in [0.3, 0.4) is 0 Å². The van der Waals surface area contributed by atoms with Gasteiger partial charge in [-0.05, 0) is 18.9 Å². The Balaban J connectivity index is 2.18. The number of Topliss-reactive ketones (excluding diaryl/α,β-unsaturated/α-hetero) is 1. The van der Waals surface area contributed by atoms with Crippen molar-refractivity contribution in [3.05, 3.63) is 28.5 Å². The van der Waals surface area contributed by atoms with E-state index < -0.39 is 0 Å². The summed E-state index contributed by atoms with van der Waals surface area (Å²) < 4.78 is 5.06. The van der Waals surface area contributed by atoms with Gasteiger partial charge in [0, 0.05) is 23.6 Å². The molecule has 5 nitrogen and oxygen atoms in total. The fourth-order valence-corrected chi connectivity index (χ4v) is 2.42. The molecule has 0 fully saturated rings. The maximum atomic E-state index is 11.7. The number of rotatable bonds is 1. The van der Waals surface area contributed by atoms with Crippen LogP contribution in [0.15, 0.2) is 16.7 Å². The van der Waals surface area contributed by atoms with Crippen molar-refractivity contribution < 1.29 is 19.5 Å². The summed E-state index contributed by atoms with van der Waals surface area (Å²) in [6.45, 7) is 0. The molecule has 0 radical (unpaired) electrons. The summed E-state index contributed by atoms with van der Waals surface area (Å²) >= 11 is 5.83. The van der Waals surface area contributed by atoms with Gasteiger partial charge in [-0.3, -0.25) is 4.79 Å². The van der Waals surface area contributed by atoms with Gasteiger partial charge >= 0.3 is 0 Å². The van der Waals surface area contributed by atoms with Gasteiger partial charge in [0.1, 0.15) is 17.2 Å². The van der Waals surface area contributed by atoms with Gasteiger partial charge in [-0.1, -0.05) is 16.8 Å². The lowest BCUT2D eigenvalue weighted by molar-refractivity contribution is 0.0935. The zero-order valence-corrected chi connectivity index (χ0v) is 10.6. The van der Waals surface area contributed by atoms with Gasteiger partial charge in [-0.2, -0.15) is 0 Å². The average Bonchev–Trinajstić information content (AvgIpc) is 2.79. The molecule has 3 rings (SSSR count). The SMILES string of the molecule is O=C1CCCc2c(-c3cc(Cl)c(O)cc3O)noc21. The summed E-state index contributed by atoms with van der Waals surface area (Å²) in [5.74, 6) is -0.193. The first-order valence-electron chi connectivity index (χ1n) is 5.81. The van der Waals surface area contributed by atoms with Crippen LogP contribution in [0.1, 0.15) is 29.0 Å². The summed E-state index contributed by atoms with van der Waals surface area (Å²) in [6.07, 6.45) is 1.84. The van der Waals surface area contributed by atoms with E-state index >= 15 is 0 Å². The van der Waals surface area contributed by atoms with Crippen LogP contribution in [-0.2, 0) is 6.42 Å². The Kier molecular flexibility index (Phi) is 2.71. The number of aromatic nitrogens is 1. The minimum atomic E-state index is -0.212. The normalized spacial score (nSPS) is 14.5. The number of nitrogens with zero attached hydrogens (tertiary/aromatic N) is 1. The number of benzene rings is 1. The van der Waals surface area contributed by atoms with Gasteiger partial charge in [-0.15, -0.1) is 0 Å². The summed E-state index contributed by atoms with van der Waals surface area (Å²) in [6, 6.07) is 2.55. The molecule has 1 heterocycles. The fraction of sp³-hybridized carbons (Fsp3) is 0.231. The van der Waals surface area contributed by atoms with Crippen molar-refractivity contribution in [1.82, 2.24) is 5.16 Å². The van der Waals surface area contributed by atoms with Crippen LogP contribution >= 0.6 is 11.6 Å². The van der Waals surface area contributed by atoms with Gasteiger partial charge in [0.2, 0.25) is 11.5 Å². The summed E-state index contributed by atoms with van der Waals surface area (Å²) in [7, 11) is 0. The number of carbonyl (C=O) groups is 1. The maximum Gasteiger partial charge on any atom is 0.206 e. The van der Waals surface area contributed by atoms with E-state index in [1.807, 2.05) is 0 Å². The molecule has 2 aromatic rings. The molecule has 0 saturated carbocycles. The van der Waals surface area contributed by atoms with Crippen molar-refractivity contribution in [3.63, 3.8) is 0 Å². The number of fused-ring (bicyclic) bond motifs is 1. The number of carbonyl (C=O) groups excluding carboxylic acids is 1. The van der Waals surface area contributed by atoms with E-state index in [1.165, 1.54) is 6.07 Å². The monoisotopic (exact) mass is 279 g/mol. The first-order valence-corrected chi connectivity index (χ1v) is 6.19. The van der Waals surface area contributed by atoms with Crippen molar-refractivity contribution in [1.29, 1.82) is 0 Å². The Morgan fingerprint density at radius 1 is 1.21 bits per heavy atom. The highest BCUT2D eigenvalue weighted by atomic mass is 35.5. The number of halogens is 1. The van der Waals surface area contributed by atoms with E-state index in [9.17, 15) is 15.0 Å². The first-order chi connectivity index (χ1) is 9.08. The molecule has 0 amide bonds. The predicted octanol–water partition coefficient (Wildman–Crippen LogP) is 2.93. The molecule has 1 aliphatic carbocycles. The van der Waals surface area contributed by atoms with E-state index in [0.29, 0.717) is 29.7 Å². The Morgan fingerprint density at radius 3 is 2.79 bits per heavy atom. The molecule has 19 heavy (non-hydrogen) atoms. The highest BCUT2D eigenvalue weighted by Crippen LogP contribution is 2.40. The molecule has 1 aromatic carbocycles. The Bertz CT molecular complexity index is 678. The highest BCUT2D eigenvalue weighted by Gasteiger charge is 2.27. The quantitative estimate of drug-likeness (QED) is 0.838. The molecular formula is C13H10ClNO4. The summed E-state index contributed by atoms with van der Waals surface area (Å²) in [4.78, 5) is 11.7. The second-order valence-electron chi connectivity index (χ2n) is 4.44. The predicted molar refractivity (Wildman–Crippen MR) is 67.5 cm³/mol. The van der Waals surface area contributed by atoms with Gasteiger partial charge in [0.25, 0.3) is 0 Å².